The van der Waals surface area contributed by atoms with E-state index in [4.69, 9.17) is 14.2 Å². The van der Waals surface area contributed by atoms with Gasteiger partial charge in [0.25, 0.3) is 0 Å². The monoisotopic (exact) mass is 382 g/mol. The lowest BCUT2D eigenvalue weighted by atomic mass is 10.2. The van der Waals surface area contributed by atoms with Gasteiger partial charge in [-0.2, -0.15) is 0 Å². The number of amides is 1. The van der Waals surface area contributed by atoms with Gasteiger partial charge in [-0.25, -0.2) is 0 Å². The van der Waals surface area contributed by atoms with E-state index in [9.17, 15) is 4.79 Å². The molecular formula is C22H26N2O4. The number of hydrogen-bond donors (Lipinski definition) is 2. The molecule has 0 spiro atoms. The standard InChI is InChI=1S/C22H26N2O4/c1-2-12-26-20-6-3-5-18(14-20)23-15-22(25)24-17-8-10-19(11-9-17)28-16-21-7-4-13-27-21/h2-3,5-6,8-11,14,21,23H,1,4,7,12-13,15-16H2,(H,24,25). The smallest absolute Gasteiger partial charge is 0.243 e. The molecule has 2 aromatic carbocycles. The minimum Gasteiger partial charge on any atom is -0.491 e. The molecule has 6 nitrogen and oxygen atoms in total. The summed E-state index contributed by atoms with van der Waals surface area (Å²) in [6.07, 6.45) is 4.02. The van der Waals surface area contributed by atoms with Gasteiger partial charge in [0.15, 0.2) is 0 Å². The third-order valence-electron chi connectivity index (χ3n) is 4.25. The number of carbonyl (C=O) groups is 1. The summed E-state index contributed by atoms with van der Waals surface area (Å²) in [7, 11) is 0. The Hall–Kier alpha value is -2.99. The topological polar surface area (TPSA) is 68.8 Å². The average Bonchev–Trinajstić information content (AvgIpc) is 3.24. The van der Waals surface area contributed by atoms with Crippen LogP contribution in [0.15, 0.2) is 61.2 Å². The van der Waals surface area contributed by atoms with E-state index in [1.807, 2.05) is 48.5 Å². The Kier molecular flexibility index (Phi) is 7.32. The molecule has 6 heteroatoms. The lowest BCUT2D eigenvalue weighted by Gasteiger charge is -2.12. The zero-order valence-electron chi connectivity index (χ0n) is 15.9. The maximum atomic E-state index is 12.2. The van der Waals surface area contributed by atoms with E-state index >= 15 is 0 Å². The van der Waals surface area contributed by atoms with E-state index in [2.05, 4.69) is 17.2 Å². The highest BCUT2D eigenvalue weighted by Gasteiger charge is 2.15. The van der Waals surface area contributed by atoms with Crippen molar-refractivity contribution in [2.75, 3.05) is 37.0 Å². The number of benzene rings is 2. The minimum absolute atomic E-state index is 0.134. The van der Waals surface area contributed by atoms with E-state index < -0.39 is 0 Å². The van der Waals surface area contributed by atoms with Crippen LogP contribution < -0.4 is 20.1 Å². The second-order valence-electron chi connectivity index (χ2n) is 6.50. The van der Waals surface area contributed by atoms with Crippen LogP contribution in [0.25, 0.3) is 0 Å². The molecule has 1 amide bonds. The third kappa shape index (κ3) is 6.32. The van der Waals surface area contributed by atoms with Crippen molar-refractivity contribution in [2.45, 2.75) is 18.9 Å². The fraction of sp³-hybridized carbons (Fsp3) is 0.318. The van der Waals surface area contributed by atoms with Gasteiger partial charge in [-0.05, 0) is 49.2 Å². The Bertz CT molecular complexity index is 770. The molecule has 0 aromatic heterocycles. The van der Waals surface area contributed by atoms with Gasteiger partial charge in [0.1, 0.15) is 24.7 Å². The van der Waals surface area contributed by atoms with Crippen LogP contribution in [0, 0.1) is 0 Å². The highest BCUT2D eigenvalue weighted by molar-refractivity contribution is 5.93. The summed E-state index contributed by atoms with van der Waals surface area (Å²) >= 11 is 0. The fourth-order valence-corrected chi connectivity index (χ4v) is 2.84. The van der Waals surface area contributed by atoms with Gasteiger partial charge in [0.2, 0.25) is 5.91 Å². The van der Waals surface area contributed by atoms with Crippen molar-refractivity contribution in [2.24, 2.45) is 0 Å². The number of nitrogens with one attached hydrogen (secondary N) is 2. The molecule has 1 saturated heterocycles. The molecular weight excluding hydrogens is 356 g/mol. The molecule has 148 valence electrons. The van der Waals surface area contributed by atoms with Crippen molar-refractivity contribution < 1.29 is 19.0 Å². The molecule has 1 heterocycles. The van der Waals surface area contributed by atoms with Crippen LogP contribution in [-0.4, -0.2) is 38.4 Å². The van der Waals surface area contributed by atoms with Crippen molar-refractivity contribution in [1.82, 2.24) is 0 Å². The van der Waals surface area contributed by atoms with Gasteiger partial charge >= 0.3 is 0 Å². The summed E-state index contributed by atoms with van der Waals surface area (Å²) in [6, 6.07) is 14.8. The maximum Gasteiger partial charge on any atom is 0.243 e. The number of ether oxygens (including phenoxy) is 3. The van der Waals surface area contributed by atoms with E-state index in [0.29, 0.717) is 13.2 Å². The Morgan fingerprint density at radius 3 is 2.75 bits per heavy atom. The van der Waals surface area contributed by atoms with E-state index in [1.165, 1.54) is 0 Å². The zero-order valence-corrected chi connectivity index (χ0v) is 15.9. The van der Waals surface area contributed by atoms with Crippen LogP contribution >= 0.6 is 0 Å². The number of rotatable bonds is 10. The van der Waals surface area contributed by atoms with Crippen molar-refractivity contribution in [1.29, 1.82) is 0 Å². The van der Waals surface area contributed by atoms with E-state index in [1.54, 1.807) is 6.08 Å². The van der Waals surface area contributed by atoms with Crippen LogP contribution in [0.3, 0.4) is 0 Å². The number of carbonyl (C=O) groups excluding carboxylic acids is 1. The van der Waals surface area contributed by atoms with Crippen molar-refractivity contribution in [3.8, 4) is 11.5 Å². The quantitative estimate of drug-likeness (QED) is 0.611. The molecule has 0 aliphatic carbocycles. The van der Waals surface area contributed by atoms with Crippen molar-refractivity contribution in [3.63, 3.8) is 0 Å². The first kappa shape index (κ1) is 19.8. The minimum atomic E-state index is -0.134. The predicted molar refractivity (Wildman–Crippen MR) is 110 cm³/mol. The van der Waals surface area contributed by atoms with Gasteiger partial charge < -0.3 is 24.8 Å². The fourth-order valence-electron chi connectivity index (χ4n) is 2.84. The summed E-state index contributed by atoms with van der Waals surface area (Å²) < 4.78 is 16.7. The van der Waals surface area contributed by atoms with Gasteiger partial charge in [0.05, 0.1) is 12.6 Å². The molecule has 2 aromatic rings. The van der Waals surface area contributed by atoms with Crippen LogP contribution in [0.2, 0.25) is 0 Å². The van der Waals surface area contributed by atoms with Crippen molar-refractivity contribution in [3.05, 3.63) is 61.2 Å². The molecule has 28 heavy (non-hydrogen) atoms. The van der Waals surface area contributed by atoms with E-state index in [0.717, 1.165) is 42.3 Å². The summed E-state index contributed by atoms with van der Waals surface area (Å²) in [5.41, 5.74) is 1.54. The molecule has 1 unspecified atom stereocenters. The van der Waals surface area contributed by atoms with Crippen LogP contribution in [0.1, 0.15) is 12.8 Å². The van der Waals surface area contributed by atoms with Gasteiger partial charge in [0, 0.05) is 24.0 Å². The molecule has 2 N–H and O–H groups in total. The predicted octanol–water partition coefficient (Wildman–Crippen LogP) is 3.86. The Balaban J connectivity index is 1.42. The molecule has 1 aliphatic rings. The maximum absolute atomic E-state index is 12.2. The Morgan fingerprint density at radius 2 is 2.00 bits per heavy atom. The largest absolute Gasteiger partial charge is 0.491 e. The number of hydrogen-bond acceptors (Lipinski definition) is 5. The number of anilines is 2. The first-order valence-electron chi connectivity index (χ1n) is 9.45. The molecule has 1 atom stereocenters. The summed E-state index contributed by atoms with van der Waals surface area (Å²) in [5.74, 6) is 1.36. The Labute approximate surface area is 165 Å². The summed E-state index contributed by atoms with van der Waals surface area (Å²) in [4.78, 5) is 12.2. The second kappa shape index (κ2) is 10.4. The first-order valence-corrected chi connectivity index (χ1v) is 9.45. The van der Waals surface area contributed by atoms with Gasteiger partial charge in [-0.1, -0.05) is 18.7 Å². The zero-order chi connectivity index (χ0) is 19.6. The lowest BCUT2D eigenvalue weighted by molar-refractivity contribution is -0.114. The van der Waals surface area contributed by atoms with Crippen LogP contribution in [0.5, 0.6) is 11.5 Å². The molecule has 0 radical (unpaired) electrons. The molecule has 3 rings (SSSR count). The van der Waals surface area contributed by atoms with Crippen LogP contribution in [0.4, 0.5) is 11.4 Å². The third-order valence-corrected chi connectivity index (χ3v) is 4.25. The average molecular weight is 382 g/mol. The highest BCUT2D eigenvalue weighted by atomic mass is 16.5. The van der Waals surface area contributed by atoms with E-state index in [-0.39, 0.29) is 18.6 Å². The normalized spacial score (nSPS) is 15.6. The molecule has 1 aliphatic heterocycles. The van der Waals surface area contributed by atoms with Gasteiger partial charge in [-0.15, -0.1) is 0 Å². The molecule has 0 bridgehead atoms. The second-order valence-corrected chi connectivity index (χ2v) is 6.50. The molecule has 1 fully saturated rings. The first-order chi connectivity index (χ1) is 13.7. The SMILES string of the molecule is C=CCOc1cccc(NCC(=O)Nc2ccc(OCC3CCCO3)cc2)c1. The highest BCUT2D eigenvalue weighted by Crippen LogP contribution is 2.19. The van der Waals surface area contributed by atoms with Crippen molar-refractivity contribution >= 4 is 17.3 Å². The summed E-state index contributed by atoms with van der Waals surface area (Å²) in [5, 5.41) is 5.95. The lowest BCUT2D eigenvalue weighted by Crippen LogP contribution is -2.21. The van der Waals surface area contributed by atoms with Gasteiger partial charge in [-0.3, -0.25) is 4.79 Å². The summed E-state index contributed by atoms with van der Waals surface area (Å²) in [6.45, 7) is 5.60. The van der Waals surface area contributed by atoms with Crippen LogP contribution in [-0.2, 0) is 9.53 Å². The molecule has 0 saturated carbocycles. The Morgan fingerprint density at radius 1 is 1.14 bits per heavy atom.